The molecule has 0 N–H and O–H groups in total. The van der Waals surface area contributed by atoms with Crippen LogP contribution in [-0.4, -0.2) is 56.8 Å². The number of carbonyl (C=O) groups excluding carboxylic acids is 1. The van der Waals surface area contributed by atoms with Crippen LogP contribution in [0.1, 0.15) is 19.3 Å². The van der Waals surface area contributed by atoms with Crippen LogP contribution >= 0.6 is 11.6 Å². The van der Waals surface area contributed by atoms with Gasteiger partial charge in [0, 0.05) is 37.6 Å². The molecule has 0 radical (unpaired) electrons. The Hall–Kier alpha value is -2.16. The first kappa shape index (κ1) is 23.5. The second kappa shape index (κ2) is 10.4. The van der Waals surface area contributed by atoms with E-state index in [1.807, 2.05) is 12.1 Å². The molecule has 0 bridgehead atoms. The molecule has 1 fully saturated rings. The summed E-state index contributed by atoms with van der Waals surface area (Å²) in [6.07, 6.45) is 1.49. The van der Waals surface area contributed by atoms with Crippen LogP contribution in [0, 0.1) is 11.7 Å². The maximum atomic E-state index is 13.9. The molecule has 9 heteroatoms. The van der Waals surface area contributed by atoms with E-state index < -0.39 is 15.8 Å². The molecule has 3 rings (SSSR count). The first-order valence-electron chi connectivity index (χ1n) is 10.2. The lowest BCUT2D eigenvalue weighted by atomic mass is 9.96. The lowest BCUT2D eigenvalue weighted by Gasteiger charge is -2.32. The lowest BCUT2D eigenvalue weighted by Crippen LogP contribution is -2.43. The van der Waals surface area contributed by atoms with Gasteiger partial charge in [0.25, 0.3) is 0 Å². The quantitative estimate of drug-likeness (QED) is 0.552. The molecule has 1 saturated heterocycles. The van der Waals surface area contributed by atoms with Crippen LogP contribution in [-0.2, 0) is 14.8 Å². The second-order valence-corrected chi connectivity index (χ2v) is 9.87. The predicted molar refractivity (Wildman–Crippen MR) is 117 cm³/mol. The molecule has 0 aromatic heterocycles. The molecule has 0 spiro atoms. The molecule has 1 aliphatic heterocycles. The van der Waals surface area contributed by atoms with Crippen molar-refractivity contribution in [2.75, 3.05) is 33.3 Å². The Morgan fingerprint density at radius 2 is 1.90 bits per heavy atom. The first-order valence-corrected chi connectivity index (χ1v) is 12.0. The van der Waals surface area contributed by atoms with Gasteiger partial charge in [-0.15, -0.1) is 0 Å². The molecule has 1 aliphatic rings. The van der Waals surface area contributed by atoms with E-state index in [-0.39, 0.29) is 29.8 Å². The van der Waals surface area contributed by atoms with Crippen molar-refractivity contribution < 1.29 is 22.3 Å². The fourth-order valence-corrected chi connectivity index (χ4v) is 5.32. The summed E-state index contributed by atoms with van der Waals surface area (Å²) < 4.78 is 46.2. The maximum absolute atomic E-state index is 13.9. The Morgan fingerprint density at radius 3 is 2.58 bits per heavy atom. The van der Waals surface area contributed by atoms with E-state index in [0.29, 0.717) is 43.2 Å². The van der Waals surface area contributed by atoms with Gasteiger partial charge in [0.15, 0.2) is 0 Å². The van der Waals surface area contributed by atoms with Crippen molar-refractivity contribution >= 4 is 27.5 Å². The van der Waals surface area contributed by atoms with Gasteiger partial charge in [0.05, 0.1) is 6.61 Å². The number of rotatable bonds is 8. The van der Waals surface area contributed by atoms with Crippen LogP contribution in [0.2, 0.25) is 5.02 Å². The summed E-state index contributed by atoms with van der Waals surface area (Å²) in [5.74, 6) is -0.332. The summed E-state index contributed by atoms with van der Waals surface area (Å²) in [7, 11) is -2.16. The molecule has 168 valence electrons. The number of piperidine rings is 1. The molecule has 0 atom stereocenters. The number of carbonyl (C=O) groups is 1. The lowest BCUT2D eigenvalue weighted by molar-refractivity contribution is -0.135. The standard InChI is InChI=1S/C22H26ClFN2O4S/c1-25(12-5-15-30-19-7-4-6-18(23)16-19)22(27)17-10-13-26(14-11-17)31(28,29)21-9-3-2-8-20(21)24/h2-4,6-9,16-17H,5,10-15H2,1H3. The summed E-state index contributed by atoms with van der Waals surface area (Å²) in [4.78, 5) is 14.1. The molecular formula is C22H26ClFN2O4S. The van der Waals surface area contributed by atoms with Gasteiger partial charge in [-0.2, -0.15) is 4.31 Å². The molecule has 31 heavy (non-hydrogen) atoms. The highest BCUT2D eigenvalue weighted by Gasteiger charge is 2.34. The van der Waals surface area contributed by atoms with Crippen molar-refractivity contribution in [3.63, 3.8) is 0 Å². The number of hydrogen-bond acceptors (Lipinski definition) is 4. The Labute approximate surface area is 187 Å². The summed E-state index contributed by atoms with van der Waals surface area (Å²) in [5.41, 5.74) is 0. The third-order valence-electron chi connectivity index (χ3n) is 5.34. The van der Waals surface area contributed by atoms with Crippen molar-refractivity contribution in [1.82, 2.24) is 9.21 Å². The molecule has 2 aromatic rings. The van der Waals surface area contributed by atoms with Gasteiger partial charge in [0.1, 0.15) is 16.5 Å². The van der Waals surface area contributed by atoms with Gasteiger partial charge in [-0.1, -0.05) is 29.8 Å². The van der Waals surface area contributed by atoms with Crippen molar-refractivity contribution in [2.24, 2.45) is 5.92 Å². The SMILES string of the molecule is CN(CCCOc1cccc(Cl)c1)C(=O)C1CCN(S(=O)(=O)c2ccccc2F)CC1. The smallest absolute Gasteiger partial charge is 0.245 e. The molecule has 0 aliphatic carbocycles. The number of amides is 1. The van der Waals surface area contributed by atoms with Gasteiger partial charge >= 0.3 is 0 Å². The van der Waals surface area contributed by atoms with Gasteiger partial charge < -0.3 is 9.64 Å². The predicted octanol–water partition coefficient (Wildman–Crippen LogP) is 3.81. The number of hydrogen-bond donors (Lipinski definition) is 0. The van der Waals surface area contributed by atoms with Crippen molar-refractivity contribution in [2.45, 2.75) is 24.2 Å². The zero-order chi connectivity index (χ0) is 22.4. The normalized spacial score (nSPS) is 15.6. The van der Waals surface area contributed by atoms with E-state index in [9.17, 15) is 17.6 Å². The van der Waals surface area contributed by atoms with Crippen LogP contribution in [0.4, 0.5) is 4.39 Å². The van der Waals surface area contributed by atoms with E-state index in [2.05, 4.69) is 0 Å². The maximum Gasteiger partial charge on any atom is 0.245 e. The topological polar surface area (TPSA) is 66.9 Å². The summed E-state index contributed by atoms with van der Waals surface area (Å²) in [6, 6.07) is 12.5. The van der Waals surface area contributed by atoms with Gasteiger partial charge in [-0.25, -0.2) is 12.8 Å². The average Bonchev–Trinajstić information content (AvgIpc) is 2.76. The van der Waals surface area contributed by atoms with Crippen LogP contribution in [0.5, 0.6) is 5.75 Å². The zero-order valence-electron chi connectivity index (χ0n) is 17.3. The molecule has 6 nitrogen and oxygen atoms in total. The monoisotopic (exact) mass is 468 g/mol. The molecule has 0 unspecified atom stereocenters. The van der Waals surface area contributed by atoms with E-state index in [0.717, 1.165) is 6.07 Å². The molecule has 2 aromatic carbocycles. The zero-order valence-corrected chi connectivity index (χ0v) is 18.9. The average molecular weight is 469 g/mol. The number of nitrogens with zero attached hydrogens (tertiary/aromatic N) is 2. The van der Waals surface area contributed by atoms with Crippen LogP contribution < -0.4 is 4.74 Å². The van der Waals surface area contributed by atoms with Crippen molar-refractivity contribution in [3.05, 3.63) is 59.4 Å². The highest BCUT2D eigenvalue weighted by molar-refractivity contribution is 7.89. The third-order valence-corrected chi connectivity index (χ3v) is 7.50. The fraction of sp³-hybridized carbons (Fsp3) is 0.409. The summed E-state index contributed by atoms with van der Waals surface area (Å²) in [6.45, 7) is 1.38. The van der Waals surface area contributed by atoms with Crippen LogP contribution in [0.25, 0.3) is 0 Å². The van der Waals surface area contributed by atoms with Crippen molar-refractivity contribution in [1.29, 1.82) is 0 Å². The van der Waals surface area contributed by atoms with Crippen LogP contribution in [0.3, 0.4) is 0 Å². The van der Waals surface area contributed by atoms with Crippen LogP contribution in [0.15, 0.2) is 53.4 Å². The number of benzene rings is 2. The third kappa shape index (κ3) is 5.96. The molecule has 1 amide bonds. The minimum atomic E-state index is -3.90. The summed E-state index contributed by atoms with van der Waals surface area (Å²) >= 11 is 5.92. The fourth-order valence-electron chi connectivity index (χ4n) is 3.61. The van der Waals surface area contributed by atoms with E-state index >= 15 is 0 Å². The molecule has 0 saturated carbocycles. The van der Waals surface area contributed by atoms with E-state index in [1.54, 1.807) is 24.1 Å². The number of sulfonamides is 1. The highest BCUT2D eigenvalue weighted by atomic mass is 35.5. The minimum Gasteiger partial charge on any atom is -0.493 e. The molecular weight excluding hydrogens is 443 g/mol. The Kier molecular flexibility index (Phi) is 7.91. The number of halogens is 2. The minimum absolute atomic E-state index is 0.00862. The second-order valence-electron chi connectivity index (χ2n) is 7.53. The van der Waals surface area contributed by atoms with Gasteiger partial charge in [-0.3, -0.25) is 4.79 Å². The Morgan fingerprint density at radius 1 is 1.19 bits per heavy atom. The van der Waals surface area contributed by atoms with E-state index in [1.165, 1.54) is 22.5 Å². The number of ether oxygens (including phenoxy) is 1. The van der Waals surface area contributed by atoms with E-state index in [4.69, 9.17) is 16.3 Å². The molecule has 1 heterocycles. The first-order chi connectivity index (χ1) is 14.8. The Bertz CT molecular complexity index is 1010. The highest BCUT2D eigenvalue weighted by Crippen LogP contribution is 2.26. The largest absolute Gasteiger partial charge is 0.493 e. The Balaban J connectivity index is 1.45. The van der Waals surface area contributed by atoms with Gasteiger partial charge in [-0.05, 0) is 49.6 Å². The summed E-state index contributed by atoms with van der Waals surface area (Å²) in [5, 5.41) is 0.605. The van der Waals surface area contributed by atoms with Crippen molar-refractivity contribution in [3.8, 4) is 5.75 Å². The van der Waals surface area contributed by atoms with Gasteiger partial charge in [0.2, 0.25) is 15.9 Å².